The van der Waals surface area contributed by atoms with Crippen LogP contribution in [0.25, 0.3) is 0 Å². The number of hydrogen-bond acceptors (Lipinski definition) is 4. The fraction of sp³-hybridized carbons (Fsp3) is 0.929. The van der Waals surface area contributed by atoms with Crippen LogP contribution < -0.4 is 0 Å². The molecule has 0 radical (unpaired) electrons. The van der Waals surface area contributed by atoms with Gasteiger partial charge in [0.25, 0.3) is 0 Å². The summed E-state index contributed by atoms with van der Waals surface area (Å²) in [5.74, 6) is 0.724. The molecule has 18 heavy (non-hydrogen) atoms. The van der Waals surface area contributed by atoms with E-state index in [-0.39, 0.29) is 12.0 Å². The number of piperidine rings is 1. The summed E-state index contributed by atoms with van der Waals surface area (Å²) in [6.45, 7) is 7.61. The molecule has 1 atom stereocenters. The SMILES string of the molecule is CCOC(=O)C(CC)N1CCC(CN(C)C)CC1. The summed E-state index contributed by atoms with van der Waals surface area (Å²) in [5, 5.41) is 0. The van der Waals surface area contributed by atoms with Crippen LogP contribution in [0, 0.1) is 5.92 Å². The zero-order chi connectivity index (χ0) is 13.5. The second-order valence-corrected chi connectivity index (χ2v) is 5.42. The molecule has 0 amide bonds. The van der Waals surface area contributed by atoms with Gasteiger partial charge in [-0.15, -0.1) is 0 Å². The first-order chi connectivity index (χ1) is 8.58. The Morgan fingerprint density at radius 2 is 1.94 bits per heavy atom. The summed E-state index contributed by atoms with van der Waals surface area (Å²) in [6.07, 6.45) is 3.22. The Hall–Kier alpha value is -0.610. The van der Waals surface area contributed by atoms with Gasteiger partial charge < -0.3 is 9.64 Å². The normalized spacial score (nSPS) is 20.1. The average molecular weight is 256 g/mol. The fourth-order valence-corrected chi connectivity index (χ4v) is 2.78. The molecule has 1 rings (SSSR count). The first kappa shape index (κ1) is 15.4. The summed E-state index contributed by atoms with van der Waals surface area (Å²) in [6, 6.07) is -0.0368. The minimum atomic E-state index is -0.0499. The van der Waals surface area contributed by atoms with E-state index in [1.165, 1.54) is 12.8 Å². The van der Waals surface area contributed by atoms with Crippen molar-refractivity contribution in [3.05, 3.63) is 0 Å². The highest BCUT2D eigenvalue weighted by atomic mass is 16.5. The lowest BCUT2D eigenvalue weighted by Gasteiger charge is -2.36. The number of carbonyl (C=O) groups is 1. The highest BCUT2D eigenvalue weighted by Gasteiger charge is 2.29. The van der Waals surface area contributed by atoms with Gasteiger partial charge in [-0.2, -0.15) is 0 Å². The summed E-state index contributed by atoms with van der Waals surface area (Å²) >= 11 is 0. The minimum Gasteiger partial charge on any atom is -0.465 e. The maximum Gasteiger partial charge on any atom is 0.323 e. The van der Waals surface area contributed by atoms with Gasteiger partial charge in [-0.3, -0.25) is 9.69 Å². The summed E-state index contributed by atoms with van der Waals surface area (Å²) in [7, 11) is 4.25. The van der Waals surface area contributed by atoms with Crippen LogP contribution in [0.5, 0.6) is 0 Å². The smallest absolute Gasteiger partial charge is 0.323 e. The predicted molar refractivity (Wildman–Crippen MR) is 73.6 cm³/mol. The molecule has 0 aromatic heterocycles. The molecule has 0 aromatic carbocycles. The van der Waals surface area contributed by atoms with Gasteiger partial charge in [0.05, 0.1) is 6.61 Å². The number of rotatable bonds is 6. The van der Waals surface area contributed by atoms with E-state index in [4.69, 9.17) is 4.74 Å². The Bertz CT molecular complexity index is 248. The van der Waals surface area contributed by atoms with Crippen LogP contribution in [0.15, 0.2) is 0 Å². The molecule has 1 fully saturated rings. The van der Waals surface area contributed by atoms with E-state index in [0.29, 0.717) is 6.61 Å². The van der Waals surface area contributed by atoms with Crippen molar-refractivity contribution in [2.75, 3.05) is 40.3 Å². The molecule has 106 valence electrons. The molecule has 0 aromatic rings. The molecule has 0 N–H and O–H groups in total. The second kappa shape index (κ2) is 7.74. The van der Waals surface area contributed by atoms with Crippen LogP contribution in [-0.4, -0.2) is 62.1 Å². The van der Waals surface area contributed by atoms with Gasteiger partial charge in [0, 0.05) is 6.54 Å². The summed E-state index contributed by atoms with van der Waals surface area (Å²) in [4.78, 5) is 16.4. The van der Waals surface area contributed by atoms with E-state index < -0.39 is 0 Å². The molecule has 0 spiro atoms. The molecule has 1 aliphatic rings. The van der Waals surface area contributed by atoms with Crippen molar-refractivity contribution in [3.63, 3.8) is 0 Å². The topological polar surface area (TPSA) is 32.8 Å². The van der Waals surface area contributed by atoms with Crippen molar-refractivity contribution in [3.8, 4) is 0 Å². The van der Waals surface area contributed by atoms with Gasteiger partial charge in [0.15, 0.2) is 0 Å². The van der Waals surface area contributed by atoms with Gasteiger partial charge in [0.2, 0.25) is 0 Å². The zero-order valence-corrected chi connectivity index (χ0v) is 12.3. The van der Waals surface area contributed by atoms with E-state index in [1.807, 2.05) is 6.92 Å². The maximum absolute atomic E-state index is 11.9. The predicted octanol–water partition coefficient (Wildman–Crippen LogP) is 1.60. The number of likely N-dealkylation sites (tertiary alicyclic amines) is 1. The number of esters is 1. The Balaban J connectivity index is 2.42. The Labute approximate surface area is 111 Å². The van der Waals surface area contributed by atoms with Crippen molar-refractivity contribution in [2.24, 2.45) is 5.92 Å². The molecular formula is C14H28N2O2. The van der Waals surface area contributed by atoms with Crippen LogP contribution in [0.3, 0.4) is 0 Å². The van der Waals surface area contributed by atoms with Crippen LogP contribution in [-0.2, 0) is 9.53 Å². The number of nitrogens with zero attached hydrogens (tertiary/aromatic N) is 2. The average Bonchev–Trinajstić information content (AvgIpc) is 2.32. The van der Waals surface area contributed by atoms with E-state index in [2.05, 4.69) is 30.8 Å². The van der Waals surface area contributed by atoms with Crippen molar-refractivity contribution >= 4 is 5.97 Å². The van der Waals surface area contributed by atoms with Gasteiger partial charge >= 0.3 is 5.97 Å². The largest absolute Gasteiger partial charge is 0.465 e. The highest BCUT2D eigenvalue weighted by molar-refractivity contribution is 5.75. The zero-order valence-electron chi connectivity index (χ0n) is 12.3. The quantitative estimate of drug-likeness (QED) is 0.676. The van der Waals surface area contributed by atoms with Gasteiger partial charge in [-0.05, 0) is 59.3 Å². The van der Waals surface area contributed by atoms with Gasteiger partial charge in [-0.1, -0.05) is 6.92 Å². The third kappa shape index (κ3) is 4.58. The van der Waals surface area contributed by atoms with Crippen molar-refractivity contribution in [1.82, 2.24) is 9.80 Å². The monoisotopic (exact) mass is 256 g/mol. The minimum absolute atomic E-state index is 0.0368. The van der Waals surface area contributed by atoms with E-state index in [0.717, 1.165) is 32.0 Å². The van der Waals surface area contributed by atoms with Crippen molar-refractivity contribution in [1.29, 1.82) is 0 Å². The lowest BCUT2D eigenvalue weighted by molar-refractivity contribution is -0.150. The molecule has 0 saturated carbocycles. The van der Waals surface area contributed by atoms with E-state index in [1.54, 1.807) is 0 Å². The molecular weight excluding hydrogens is 228 g/mol. The molecule has 0 aliphatic carbocycles. The van der Waals surface area contributed by atoms with Gasteiger partial charge in [0.1, 0.15) is 6.04 Å². The first-order valence-electron chi connectivity index (χ1n) is 7.13. The summed E-state index contributed by atoms with van der Waals surface area (Å²) < 4.78 is 5.15. The Morgan fingerprint density at radius 1 is 1.33 bits per heavy atom. The highest BCUT2D eigenvalue weighted by Crippen LogP contribution is 2.21. The number of hydrogen-bond donors (Lipinski definition) is 0. The summed E-state index contributed by atoms with van der Waals surface area (Å²) in [5.41, 5.74) is 0. The molecule has 1 unspecified atom stereocenters. The third-order valence-corrected chi connectivity index (χ3v) is 3.66. The van der Waals surface area contributed by atoms with E-state index in [9.17, 15) is 4.79 Å². The van der Waals surface area contributed by atoms with Crippen LogP contribution >= 0.6 is 0 Å². The fourth-order valence-electron chi connectivity index (χ4n) is 2.78. The van der Waals surface area contributed by atoms with Crippen LogP contribution in [0.4, 0.5) is 0 Å². The van der Waals surface area contributed by atoms with E-state index >= 15 is 0 Å². The second-order valence-electron chi connectivity index (χ2n) is 5.42. The molecule has 1 heterocycles. The molecule has 4 nitrogen and oxygen atoms in total. The maximum atomic E-state index is 11.9. The lowest BCUT2D eigenvalue weighted by Crippen LogP contribution is -2.47. The number of ether oxygens (including phenoxy) is 1. The van der Waals surface area contributed by atoms with Crippen LogP contribution in [0.2, 0.25) is 0 Å². The molecule has 1 aliphatic heterocycles. The van der Waals surface area contributed by atoms with Crippen molar-refractivity contribution < 1.29 is 9.53 Å². The van der Waals surface area contributed by atoms with Gasteiger partial charge in [-0.25, -0.2) is 0 Å². The lowest BCUT2D eigenvalue weighted by atomic mass is 9.95. The Morgan fingerprint density at radius 3 is 2.39 bits per heavy atom. The first-order valence-corrected chi connectivity index (χ1v) is 7.13. The molecule has 4 heteroatoms. The number of carbonyl (C=O) groups excluding carboxylic acids is 1. The van der Waals surface area contributed by atoms with Crippen LogP contribution in [0.1, 0.15) is 33.1 Å². The third-order valence-electron chi connectivity index (χ3n) is 3.66. The molecule has 0 bridgehead atoms. The van der Waals surface area contributed by atoms with Crippen molar-refractivity contribution in [2.45, 2.75) is 39.2 Å². The Kier molecular flexibility index (Phi) is 6.65. The molecule has 1 saturated heterocycles. The standard InChI is InChI=1S/C14H28N2O2/c1-5-13(14(17)18-6-2)16-9-7-12(8-10-16)11-15(3)4/h12-13H,5-11H2,1-4H3.